The molecule has 1 aromatic carbocycles. The Labute approximate surface area is 118 Å². The molecule has 0 spiro atoms. The van der Waals surface area contributed by atoms with Crippen molar-refractivity contribution in [1.29, 1.82) is 0 Å². The molecule has 0 saturated heterocycles. The first-order valence-corrected chi connectivity index (χ1v) is 7.02. The van der Waals surface area contributed by atoms with Crippen LogP contribution in [0.3, 0.4) is 0 Å². The van der Waals surface area contributed by atoms with Gasteiger partial charge in [-0.2, -0.15) is 5.10 Å². The maximum Gasteiger partial charge on any atom is 0.123 e. The SMILES string of the molecule is CCCCc1cc(CCC=O)n(-c2ccc(F)cc2)n1. The van der Waals surface area contributed by atoms with Crippen LogP contribution in [-0.2, 0) is 17.6 Å². The minimum atomic E-state index is -0.262. The van der Waals surface area contributed by atoms with Gasteiger partial charge in [-0.1, -0.05) is 13.3 Å². The molecule has 0 aliphatic heterocycles. The van der Waals surface area contributed by atoms with Gasteiger partial charge < -0.3 is 4.79 Å². The zero-order valence-corrected chi connectivity index (χ0v) is 11.7. The average molecular weight is 274 g/mol. The number of hydrogen-bond donors (Lipinski definition) is 0. The lowest BCUT2D eigenvalue weighted by Gasteiger charge is -2.06. The highest BCUT2D eigenvalue weighted by atomic mass is 19.1. The van der Waals surface area contributed by atoms with Gasteiger partial charge in [-0.25, -0.2) is 9.07 Å². The van der Waals surface area contributed by atoms with Crippen molar-refractivity contribution in [1.82, 2.24) is 9.78 Å². The van der Waals surface area contributed by atoms with E-state index < -0.39 is 0 Å². The standard InChI is InChI=1S/C16H19FN2O/c1-2-3-5-14-12-16(6-4-11-20)19(18-14)15-9-7-13(17)8-10-15/h7-12H,2-6H2,1H3. The number of nitrogens with zero attached hydrogens (tertiary/aromatic N) is 2. The van der Waals surface area contributed by atoms with Crippen LogP contribution in [0.5, 0.6) is 0 Å². The molecule has 0 radical (unpaired) electrons. The second kappa shape index (κ2) is 6.98. The molecule has 2 rings (SSSR count). The summed E-state index contributed by atoms with van der Waals surface area (Å²) >= 11 is 0. The molecule has 0 amide bonds. The summed E-state index contributed by atoms with van der Waals surface area (Å²) in [6.07, 6.45) is 5.17. The zero-order valence-electron chi connectivity index (χ0n) is 11.7. The third-order valence-electron chi connectivity index (χ3n) is 3.21. The number of aldehydes is 1. The Morgan fingerprint density at radius 1 is 1.25 bits per heavy atom. The molecule has 0 aliphatic carbocycles. The van der Waals surface area contributed by atoms with E-state index in [1.165, 1.54) is 12.1 Å². The van der Waals surface area contributed by atoms with Gasteiger partial charge in [-0.3, -0.25) is 0 Å². The molecule has 1 heterocycles. The zero-order chi connectivity index (χ0) is 14.4. The first-order chi connectivity index (χ1) is 9.74. The Bertz CT molecular complexity index is 560. The van der Waals surface area contributed by atoms with E-state index in [1.807, 2.05) is 10.7 Å². The number of carbonyl (C=O) groups is 1. The van der Waals surface area contributed by atoms with Crippen LogP contribution < -0.4 is 0 Å². The van der Waals surface area contributed by atoms with E-state index in [9.17, 15) is 9.18 Å². The number of aryl methyl sites for hydroxylation is 2. The van der Waals surface area contributed by atoms with Crippen LogP contribution >= 0.6 is 0 Å². The molecule has 0 atom stereocenters. The highest BCUT2D eigenvalue weighted by Crippen LogP contribution is 2.16. The summed E-state index contributed by atoms with van der Waals surface area (Å²) in [4.78, 5) is 10.6. The summed E-state index contributed by atoms with van der Waals surface area (Å²) in [6.45, 7) is 2.14. The van der Waals surface area contributed by atoms with E-state index in [-0.39, 0.29) is 5.82 Å². The second-order valence-corrected chi connectivity index (χ2v) is 4.82. The second-order valence-electron chi connectivity index (χ2n) is 4.82. The smallest absolute Gasteiger partial charge is 0.123 e. The van der Waals surface area contributed by atoms with Gasteiger partial charge in [0.05, 0.1) is 11.4 Å². The molecule has 3 nitrogen and oxygen atoms in total. The van der Waals surface area contributed by atoms with E-state index >= 15 is 0 Å². The fourth-order valence-corrected chi connectivity index (χ4v) is 2.15. The van der Waals surface area contributed by atoms with Gasteiger partial charge in [0.1, 0.15) is 12.1 Å². The van der Waals surface area contributed by atoms with Gasteiger partial charge in [0.25, 0.3) is 0 Å². The van der Waals surface area contributed by atoms with Crippen molar-refractivity contribution in [3.63, 3.8) is 0 Å². The van der Waals surface area contributed by atoms with Crippen molar-refractivity contribution < 1.29 is 9.18 Å². The van der Waals surface area contributed by atoms with Crippen molar-refractivity contribution in [2.45, 2.75) is 39.0 Å². The summed E-state index contributed by atoms with van der Waals surface area (Å²) < 4.78 is 14.8. The molecular formula is C16H19FN2O. The maximum atomic E-state index is 13.0. The third kappa shape index (κ3) is 3.53. The lowest BCUT2D eigenvalue weighted by Crippen LogP contribution is -2.03. The van der Waals surface area contributed by atoms with E-state index in [4.69, 9.17) is 0 Å². The topological polar surface area (TPSA) is 34.9 Å². The van der Waals surface area contributed by atoms with Crippen LogP contribution in [-0.4, -0.2) is 16.1 Å². The molecule has 0 N–H and O–H groups in total. The van der Waals surface area contributed by atoms with Gasteiger partial charge in [0.15, 0.2) is 0 Å². The number of unbranched alkanes of at least 4 members (excludes halogenated alkanes) is 1. The summed E-state index contributed by atoms with van der Waals surface area (Å²) in [7, 11) is 0. The van der Waals surface area contributed by atoms with Gasteiger partial charge in [0.2, 0.25) is 0 Å². The Kier molecular flexibility index (Phi) is 5.04. The van der Waals surface area contributed by atoms with Crippen LogP contribution in [0.15, 0.2) is 30.3 Å². The molecule has 0 aliphatic rings. The van der Waals surface area contributed by atoms with Crippen LogP contribution in [0.25, 0.3) is 5.69 Å². The summed E-state index contributed by atoms with van der Waals surface area (Å²) in [5.74, 6) is -0.262. The molecule has 106 valence electrons. The number of halogens is 1. The summed E-state index contributed by atoms with van der Waals surface area (Å²) in [5, 5.41) is 4.58. The van der Waals surface area contributed by atoms with Crippen molar-refractivity contribution >= 4 is 6.29 Å². The molecule has 4 heteroatoms. The van der Waals surface area contributed by atoms with E-state index in [0.717, 1.165) is 42.6 Å². The largest absolute Gasteiger partial charge is 0.303 e. The molecule has 0 bridgehead atoms. The summed E-state index contributed by atoms with van der Waals surface area (Å²) in [6, 6.07) is 8.30. The first-order valence-electron chi connectivity index (χ1n) is 7.02. The molecule has 1 aromatic heterocycles. The van der Waals surface area contributed by atoms with Gasteiger partial charge in [0, 0.05) is 12.1 Å². The third-order valence-corrected chi connectivity index (χ3v) is 3.21. The van der Waals surface area contributed by atoms with Crippen molar-refractivity contribution in [3.05, 3.63) is 47.5 Å². The van der Waals surface area contributed by atoms with E-state index in [0.29, 0.717) is 12.8 Å². The molecule has 0 saturated carbocycles. The van der Waals surface area contributed by atoms with E-state index in [2.05, 4.69) is 12.0 Å². The number of rotatable bonds is 7. The van der Waals surface area contributed by atoms with Crippen molar-refractivity contribution in [2.24, 2.45) is 0 Å². The number of benzene rings is 1. The molecule has 0 unspecified atom stereocenters. The Morgan fingerprint density at radius 3 is 2.65 bits per heavy atom. The predicted molar refractivity (Wildman–Crippen MR) is 76.5 cm³/mol. The molecular weight excluding hydrogens is 255 g/mol. The van der Waals surface area contributed by atoms with Gasteiger partial charge in [-0.15, -0.1) is 0 Å². The fourth-order valence-electron chi connectivity index (χ4n) is 2.15. The lowest BCUT2D eigenvalue weighted by atomic mass is 10.1. The van der Waals surface area contributed by atoms with Crippen molar-refractivity contribution in [2.75, 3.05) is 0 Å². The average Bonchev–Trinajstić information content (AvgIpc) is 2.87. The van der Waals surface area contributed by atoms with E-state index in [1.54, 1.807) is 12.1 Å². The maximum absolute atomic E-state index is 13.0. The lowest BCUT2D eigenvalue weighted by molar-refractivity contribution is -0.107. The van der Waals surface area contributed by atoms with Gasteiger partial charge >= 0.3 is 0 Å². The minimum absolute atomic E-state index is 0.262. The number of hydrogen-bond acceptors (Lipinski definition) is 2. The van der Waals surface area contributed by atoms with Crippen LogP contribution in [0.1, 0.15) is 37.6 Å². The van der Waals surface area contributed by atoms with Gasteiger partial charge in [-0.05, 0) is 49.6 Å². The Morgan fingerprint density at radius 2 is 2.00 bits per heavy atom. The van der Waals surface area contributed by atoms with Crippen LogP contribution in [0.2, 0.25) is 0 Å². The fraction of sp³-hybridized carbons (Fsp3) is 0.375. The molecule has 20 heavy (non-hydrogen) atoms. The van der Waals surface area contributed by atoms with Crippen LogP contribution in [0, 0.1) is 5.82 Å². The highest BCUT2D eigenvalue weighted by molar-refractivity contribution is 5.50. The monoisotopic (exact) mass is 274 g/mol. The molecule has 0 fully saturated rings. The normalized spacial score (nSPS) is 10.7. The quantitative estimate of drug-likeness (QED) is 0.724. The minimum Gasteiger partial charge on any atom is -0.303 e. The molecule has 2 aromatic rings. The number of carbonyl (C=O) groups excluding carboxylic acids is 1. The predicted octanol–water partition coefficient (Wildman–Crippen LogP) is 3.49. The summed E-state index contributed by atoms with van der Waals surface area (Å²) in [5.41, 5.74) is 2.85. The Balaban J connectivity index is 2.30. The van der Waals surface area contributed by atoms with Crippen molar-refractivity contribution in [3.8, 4) is 5.69 Å². The van der Waals surface area contributed by atoms with Crippen LogP contribution in [0.4, 0.5) is 4.39 Å². The highest BCUT2D eigenvalue weighted by Gasteiger charge is 2.09. The number of aromatic nitrogens is 2. The first kappa shape index (κ1) is 14.4. The Hall–Kier alpha value is -1.97.